The zero-order valence-electron chi connectivity index (χ0n) is 14.7. The van der Waals surface area contributed by atoms with E-state index in [-0.39, 0.29) is 5.54 Å². The Morgan fingerprint density at radius 1 is 1.25 bits per heavy atom. The third-order valence-electron chi connectivity index (χ3n) is 4.59. The van der Waals surface area contributed by atoms with Crippen molar-refractivity contribution in [2.75, 3.05) is 40.3 Å². The van der Waals surface area contributed by atoms with Gasteiger partial charge in [0, 0.05) is 18.1 Å². The molecule has 1 aliphatic heterocycles. The van der Waals surface area contributed by atoms with Crippen molar-refractivity contribution in [2.24, 2.45) is 5.92 Å². The highest BCUT2D eigenvalue weighted by atomic mass is 15.1. The van der Waals surface area contributed by atoms with Crippen LogP contribution in [-0.4, -0.2) is 61.7 Å². The number of hydrogen-bond donors (Lipinski definition) is 1. The zero-order chi connectivity index (χ0) is 15.2. The zero-order valence-corrected chi connectivity index (χ0v) is 14.7. The van der Waals surface area contributed by atoms with Gasteiger partial charge in [0.2, 0.25) is 0 Å². The van der Waals surface area contributed by atoms with Crippen molar-refractivity contribution in [1.82, 2.24) is 15.1 Å². The van der Waals surface area contributed by atoms with Gasteiger partial charge in [0.15, 0.2) is 0 Å². The Balaban J connectivity index is 2.14. The van der Waals surface area contributed by atoms with E-state index >= 15 is 0 Å². The van der Waals surface area contributed by atoms with Crippen LogP contribution in [0.1, 0.15) is 53.4 Å². The van der Waals surface area contributed by atoms with Crippen molar-refractivity contribution < 1.29 is 0 Å². The van der Waals surface area contributed by atoms with Gasteiger partial charge < -0.3 is 15.1 Å². The van der Waals surface area contributed by atoms with Crippen molar-refractivity contribution in [3.63, 3.8) is 0 Å². The molecule has 3 nitrogen and oxygen atoms in total. The van der Waals surface area contributed by atoms with Gasteiger partial charge in [0.05, 0.1) is 0 Å². The molecule has 0 radical (unpaired) electrons. The van der Waals surface area contributed by atoms with Crippen LogP contribution < -0.4 is 5.32 Å². The maximum absolute atomic E-state index is 3.58. The summed E-state index contributed by atoms with van der Waals surface area (Å²) in [5, 5.41) is 3.58. The average molecular weight is 284 g/mol. The molecule has 120 valence electrons. The fraction of sp³-hybridized carbons (Fsp3) is 1.00. The van der Waals surface area contributed by atoms with Gasteiger partial charge in [-0.3, -0.25) is 0 Å². The SMILES string of the molecule is CC(CCCNC(C)(C)C)N(C)CC1CCN(C)CC1. The third-order valence-corrected chi connectivity index (χ3v) is 4.59. The summed E-state index contributed by atoms with van der Waals surface area (Å²) in [7, 11) is 4.55. The van der Waals surface area contributed by atoms with Gasteiger partial charge in [0.1, 0.15) is 0 Å². The number of rotatable bonds is 7. The average Bonchev–Trinajstić information content (AvgIpc) is 2.36. The minimum absolute atomic E-state index is 0.253. The molecule has 0 saturated carbocycles. The Labute approximate surface area is 127 Å². The Morgan fingerprint density at radius 3 is 2.40 bits per heavy atom. The van der Waals surface area contributed by atoms with E-state index in [2.05, 4.69) is 56.9 Å². The number of nitrogens with one attached hydrogen (secondary N) is 1. The molecule has 1 unspecified atom stereocenters. The molecule has 0 aromatic rings. The van der Waals surface area contributed by atoms with E-state index < -0.39 is 0 Å². The summed E-state index contributed by atoms with van der Waals surface area (Å²) in [5.41, 5.74) is 0.253. The lowest BCUT2D eigenvalue weighted by molar-refractivity contribution is 0.150. The van der Waals surface area contributed by atoms with Gasteiger partial charge in [-0.25, -0.2) is 0 Å². The van der Waals surface area contributed by atoms with Crippen LogP contribution in [0.3, 0.4) is 0 Å². The van der Waals surface area contributed by atoms with E-state index in [0.29, 0.717) is 6.04 Å². The summed E-state index contributed by atoms with van der Waals surface area (Å²) in [5.74, 6) is 0.909. The lowest BCUT2D eigenvalue weighted by Gasteiger charge is -2.34. The van der Waals surface area contributed by atoms with Crippen LogP contribution in [0.15, 0.2) is 0 Å². The second-order valence-electron chi connectivity index (χ2n) is 7.85. The maximum atomic E-state index is 3.58. The van der Waals surface area contributed by atoms with E-state index in [0.717, 1.165) is 12.5 Å². The van der Waals surface area contributed by atoms with E-state index in [1.165, 1.54) is 45.3 Å². The fourth-order valence-electron chi connectivity index (χ4n) is 2.91. The summed E-state index contributed by atoms with van der Waals surface area (Å²) in [6, 6.07) is 0.705. The van der Waals surface area contributed by atoms with Crippen LogP contribution in [0.2, 0.25) is 0 Å². The lowest BCUT2D eigenvalue weighted by Crippen LogP contribution is -2.40. The van der Waals surface area contributed by atoms with Gasteiger partial charge in [-0.05, 0) is 93.0 Å². The Hall–Kier alpha value is -0.120. The molecule has 20 heavy (non-hydrogen) atoms. The van der Waals surface area contributed by atoms with Crippen LogP contribution in [0.25, 0.3) is 0 Å². The minimum atomic E-state index is 0.253. The van der Waals surface area contributed by atoms with Gasteiger partial charge in [-0.1, -0.05) is 0 Å². The highest BCUT2D eigenvalue weighted by molar-refractivity contribution is 4.75. The molecule has 0 spiro atoms. The summed E-state index contributed by atoms with van der Waals surface area (Å²) in [6.45, 7) is 14.1. The molecule has 1 atom stereocenters. The molecule has 0 bridgehead atoms. The molecule has 3 heteroatoms. The van der Waals surface area contributed by atoms with E-state index in [1.807, 2.05) is 0 Å². The van der Waals surface area contributed by atoms with Crippen LogP contribution in [0, 0.1) is 5.92 Å². The van der Waals surface area contributed by atoms with E-state index in [9.17, 15) is 0 Å². The molecule has 0 aliphatic carbocycles. The molecule has 0 amide bonds. The van der Waals surface area contributed by atoms with Crippen LogP contribution in [-0.2, 0) is 0 Å². The molecule has 0 aromatic carbocycles. The quantitative estimate of drug-likeness (QED) is 0.725. The smallest absolute Gasteiger partial charge is 0.00965 e. The first-order valence-corrected chi connectivity index (χ1v) is 8.42. The molecule has 1 heterocycles. The molecule has 0 aromatic heterocycles. The molecule has 1 rings (SSSR count). The second-order valence-corrected chi connectivity index (χ2v) is 7.85. The van der Waals surface area contributed by atoms with E-state index in [4.69, 9.17) is 0 Å². The third kappa shape index (κ3) is 7.61. The maximum Gasteiger partial charge on any atom is 0.00965 e. The van der Waals surface area contributed by atoms with E-state index in [1.54, 1.807) is 0 Å². The van der Waals surface area contributed by atoms with Crippen molar-refractivity contribution in [2.45, 2.75) is 65.0 Å². The standard InChI is InChI=1S/C17H37N3/c1-15(8-7-11-18-17(2,3)4)20(6)14-16-9-12-19(5)13-10-16/h15-16,18H,7-14H2,1-6H3. The first-order valence-electron chi connectivity index (χ1n) is 8.42. The van der Waals surface area contributed by atoms with Gasteiger partial charge in [-0.15, -0.1) is 0 Å². The summed E-state index contributed by atoms with van der Waals surface area (Å²) in [6.07, 6.45) is 5.32. The predicted octanol–water partition coefficient (Wildman–Crippen LogP) is 2.82. The fourth-order valence-corrected chi connectivity index (χ4v) is 2.91. The predicted molar refractivity (Wildman–Crippen MR) is 89.3 cm³/mol. The van der Waals surface area contributed by atoms with Crippen LogP contribution >= 0.6 is 0 Å². The largest absolute Gasteiger partial charge is 0.312 e. The van der Waals surface area contributed by atoms with Crippen molar-refractivity contribution in [3.05, 3.63) is 0 Å². The second kappa shape index (κ2) is 8.35. The topological polar surface area (TPSA) is 18.5 Å². The summed E-state index contributed by atoms with van der Waals surface area (Å²) >= 11 is 0. The van der Waals surface area contributed by atoms with Crippen LogP contribution in [0.5, 0.6) is 0 Å². The number of nitrogens with zero attached hydrogens (tertiary/aromatic N) is 2. The molecular weight excluding hydrogens is 246 g/mol. The molecule has 1 N–H and O–H groups in total. The Bertz CT molecular complexity index is 251. The molecular formula is C17H37N3. The summed E-state index contributed by atoms with van der Waals surface area (Å²) in [4.78, 5) is 5.03. The highest BCUT2D eigenvalue weighted by Gasteiger charge is 2.20. The van der Waals surface area contributed by atoms with Crippen molar-refractivity contribution in [1.29, 1.82) is 0 Å². The first kappa shape index (κ1) is 17.9. The molecule has 1 saturated heterocycles. The van der Waals surface area contributed by atoms with Crippen LogP contribution in [0.4, 0.5) is 0 Å². The molecule has 1 aliphatic rings. The first-order chi connectivity index (χ1) is 9.28. The Kier molecular flexibility index (Phi) is 7.49. The monoisotopic (exact) mass is 283 g/mol. The number of piperidine rings is 1. The van der Waals surface area contributed by atoms with Gasteiger partial charge in [-0.2, -0.15) is 0 Å². The molecule has 1 fully saturated rings. The lowest BCUT2D eigenvalue weighted by atomic mass is 9.96. The number of hydrogen-bond acceptors (Lipinski definition) is 3. The number of likely N-dealkylation sites (tertiary alicyclic amines) is 1. The van der Waals surface area contributed by atoms with Gasteiger partial charge >= 0.3 is 0 Å². The Morgan fingerprint density at radius 2 is 1.85 bits per heavy atom. The van der Waals surface area contributed by atoms with Crippen molar-refractivity contribution >= 4 is 0 Å². The van der Waals surface area contributed by atoms with Gasteiger partial charge in [0.25, 0.3) is 0 Å². The normalized spacial score (nSPS) is 20.6. The summed E-state index contributed by atoms with van der Waals surface area (Å²) < 4.78 is 0. The highest BCUT2D eigenvalue weighted by Crippen LogP contribution is 2.18. The van der Waals surface area contributed by atoms with Crippen molar-refractivity contribution in [3.8, 4) is 0 Å². The minimum Gasteiger partial charge on any atom is -0.312 e.